The molecule has 20 rings (SSSR count). The topological polar surface area (TPSA) is 343 Å². The first-order valence-electron chi connectivity index (χ1n) is 34.7. The minimum atomic E-state index is -5.02. The maximum Gasteiger partial charge on any atom is 0.301 e. The van der Waals surface area contributed by atoms with Gasteiger partial charge in [-0.25, -0.2) is 0 Å². The van der Waals surface area contributed by atoms with Crippen LogP contribution in [0.3, 0.4) is 0 Å². The van der Waals surface area contributed by atoms with Crippen LogP contribution in [-0.4, -0.2) is 92.2 Å². The second-order valence-electron chi connectivity index (χ2n) is 26.6. The minimum absolute atomic E-state index is 0. The molecule has 1 radical (unpaired) electrons. The fourth-order valence-corrected chi connectivity index (χ4v) is 30.5. The van der Waals surface area contributed by atoms with Crippen molar-refractivity contribution in [1.82, 2.24) is 10.7 Å². The van der Waals surface area contributed by atoms with Crippen molar-refractivity contribution < 1.29 is 59.0 Å². The zero-order valence-electron chi connectivity index (χ0n) is 58.4. The van der Waals surface area contributed by atoms with Gasteiger partial charge in [-0.2, -0.15) is 0 Å². The van der Waals surface area contributed by atoms with Crippen LogP contribution in [0.5, 0.6) is 0 Å². The van der Waals surface area contributed by atoms with Crippen molar-refractivity contribution in [1.29, 1.82) is 0 Å². The number of fused-ring (bicyclic) bond motifs is 18. The smallest absolute Gasteiger partial charge is 0.148 e. The molecule has 551 valence electrons. The molecule has 113 heavy (non-hydrogen) atoms. The van der Waals surface area contributed by atoms with Gasteiger partial charge in [0.05, 0.1) is 31.8 Å². The molecule has 0 fully saturated rings. The Hall–Kier alpha value is -11.4. The fourth-order valence-electron chi connectivity index (χ4n) is 15.4. The standard InChI is InChI=1S/C48H24N8O12S4.C36H30NP2.Ga.H2O/c57-67-68-69-37-9-1-5-21-13-29-33(17-25(21)37)45-49-41(29)51-46-35-19-27-23(7-3-11-39(27)71(61,62)63)15-31(35)43(53-46)55-48-36-20-28-24(8-4-12-40(28)72(64,65)66)16-32(36)44(56-48)54-47-34-18-26-22(14-30(34)42(50-45)52-47)6-2-10-38(26)70(58,59)60;1-7-19-31(20-8-1)38(32-21-9-2-10-22-32,33-23-11-3-12-24-33)37-39(34-25-13-4-14-26-34,35-27-15-5-16-28-35)36-29-17-6-18-30-36;;/h1-20H,(H4-2,49,50,51,52,53,54,55,56,57,58,59,60,61,62,63,64,65,66);1-30H;;1H2/q-2;+1;+2;/p-4. The van der Waals surface area contributed by atoms with Crippen LogP contribution in [0.2, 0.25) is 0 Å². The Kier molecular flexibility index (Phi) is 18.3. The van der Waals surface area contributed by atoms with E-state index in [1.807, 2.05) is 24.7 Å². The van der Waals surface area contributed by atoms with Crippen LogP contribution < -0.4 is 52.2 Å². The summed E-state index contributed by atoms with van der Waals surface area (Å²) >= 11 is -1.74. The average molecular weight is 1660 g/mol. The Morgan fingerprint density at radius 2 is 0.637 bits per heavy atom. The first kappa shape index (κ1) is 73.1. The SMILES string of the molecule is O.O=S(=O)([O-])c1cccc2cc3c(cc12)C1=Nc2c4cc5cccc(S(=O)(=O)[O-])c5cc4c4[n]2[Ga][n]2c(c5cc6cccc(S(=O)(=O)[O-])c6cc5c2=NC3=N1)=NC1=NC(=N4)c2cc3cccc(SOO[O-])c3cc21.c1ccc(P(=[N+]=P(c2ccccc2)(c2ccccc2)c2ccccc2)(c2ccccc2)c2ccccc2)cc1. The Labute approximate surface area is 656 Å². The van der Waals surface area contributed by atoms with E-state index in [0.717, 1.165) is 0 Å². The van der Waals surface area contributed by atoms with Crippen molar-refractivity contribution in [2.45, 2.75) is 19.6 Å². The van der Waals surface area contributed by atoms with Crippen molar-refractivity contribution in [2.24, 2.45) is 30.0 Å². The molecule has 14 aromatic carbocycles. The first-order valence-corrected chi connectivity index (χ1v) is 45.3. The largest absolute Gasteiger partial charge is 0.301 e. The first-order chi connectivity index (χ1) is 54.3. The van der Waals surface area contributed by atoms with E-state index in [4.69, 9.17) is 38.5 Å². The molecule has 0 spiro atoms. The molecule has 2 N–H and O–H groups in total. The maximum atomic E-state index is 12.8. The molecule has 6 heterocycles. The predicted octanol–water partition coefficient (Wildman–Crippen LogP) is 10.6. The number of aromatic nitrogens is 2. The zero-order chi connectivity index (χ0) is 76.4. The molecule has 29 heteroatoms. The molecule has 6 bridgehead atoms. The van der Waals surface area contributed by atoms with Crippen LogP contribution in [0, 0.1) is 0 Å². The molecule has 0 amide bonds. The van der Waals surface area contributed by atoms with E-state index in [1.165, 1.54) is 74.3 Å². The van der Waals surface area contributed by atoms with E-state index in [1.54, 1.807) is 60.7 Å². The van der Waals surface area contributed by atoms with Crippen LogP contribution in [0.25, 0.3) is 64.6 Å². The number of rotatable bonds is 12. The fraction of sp³-hybridized carbons (Fsp3) is 0. The molecule has 2 aromatic heterocycles. The molecule has 4 aliphatic rings. The number of benzene rings is 14. The summed E-state index contributed by atoms with van der Waals surface area (Å²) in [5.74, 6) is 1.07. The molecule has 0 atom stereocenters. The van der Waals surface area contributed by atoms with Crippen LogP contribution in [0.1, 0.15) is 22.3 Å². The van der Waals surface area contributed by atoms with E-state index in [9.17, 15) is 44.2 Å². The summed E-state index contributed by atoms with van der Waals surface area (Å²) < 4.78 is 130. The molecule has 0 saturated heterocycles. The summed E-state index contributed by atoms with van der Waals surface area (Å²) in [7, 11) is -20.0. The summed E-state index contributed by atoms with van der Waals surface area (Å²) in [6, 6.07) is 97.4. The maximum absolute atomic E-state index is 12.8. The summed E-state index contributed by atoms with van der Waals surface area (Å²) in [6.07, 6.45) is 0. The van der Waals surface area contributed by atoms with Crippen molar-refractivity contribution in [2.75, 3.05) is 0 Å². The van der Waals surface area contributed by atoms with Crippen molar-refractivity contribution in [3.8, 4) is 0 Å². The van der Waals surface area contributed by atoms with E-state index >= 15 is 0 Å². The zero-order valence-corrected chi connectivity index (χ0v) is 65.9. The summed E-state index contributed by atoms with van der Waals surface area (Å²) in [5, 5.41) is 26.6. The van der Waals surface area contributed by atoms with Gasteiger partial charge in [-0.05, 0) is 72.8 Å². The number of aliphatic imine (C=N–C) groups is 4. The molecule has 0 aliphatic carbocycles. The molecule has 4 aliphatic heterocycles. The number of amidine groups is 4. The molecule has 22 nitrogen and oxygen atoms in total. The number of hydrogen-bond acceptors (Lipinski definition) is 19. The summed E-state index contributed by atoms with van der Waals surface area (Å²) in [5.41, 5.74) is 2.28. The average Bonchev–Trinajstić information content (AvgIpc) is 1.68. The molecule has 0 unspecified atom stereocenters. The molecule has 0 saturated carbocycles. The van der Waals surface area contributed by atoms with Crippen LogP contribution in [0.15, 0.2) is 353 Å². The van der Waals surface area contributed by atoms with Gasteiger partial charge in [0.25, 0.3) is 0 Å². The van der Waals surface area contributed by atoms with Gasteiger partial charge in [0.2, 0.25) is 0 Å². The number of nitrogens with zero attached hydrogens (tertiary/aromatic N) is 9. The van der Waals surface area contributed by atoms with Gasteiger partial charge < -0.3 is 5.48 Å². The van der Waals surface area contributed by atoms with E-state index in [0.29, 0.717) is 93.2 Å². The van der Waals surface area contributed by atoms with Gasteiger partial charge >= 0.3 is 438 Å². The van der Waals surface area contributed by atoms with Gasteiger partial charge in [-0.15, -0.1) is 4.17 Å². The van der Waals surface area contributed by atoms with Gasteiger partial charge in [0.1, 0.15) is 0 Å². The Balaban J connectivity index is 0.000000188. The van der Waals surface area contributed by atoms with E-state index in [2.05, 4.69) is 187 Å². The Morgan fingerprint density at radius 3 is 1.03 bits per heavy atom. The quantitative estimate of drug-likeness (QED) is 0.0209. The third-order valence-electron chi connectivity index (χ3n) is 20.3. The van der Waals surface area contributed by atoms with Crippen molar-refractivity contribution >= 4 is 206 Å². The van der Waals surface area contributed by atoms with Crippen molar-refractivity contribution in [3.05, 3.63) is 337 Å². The molecular formula is C84H52GaN9O13P2S4-3. The predicted molar refractivity (Wildman–Crippen MR) is 439 cm³/mol. The summed E-state index contributed by atoms with van der Waals surface area (Å²) in [4.78, 5) is 30.2. The monoisotopic (exact) mass is 1650 g/mol. The van der Waals surface area contributed by atoms with Crippen LogP contribution in [-0.2, 0) is 39.7 Å². The number of hydrogen-bond donors (Lipinski definition) is 0. The second-order valence-corrected chi connectivity index (χ2v) is 40.4. The second kappa shape index (κ2) is 28.4. The van der Waals surface area contributed by atoms with Crippen molar-refractivity contribution in [3.63, 3.8) is 0 Å². The van der Waals surface area contributed by atoms with E-state index in [-0.39, 0.29) is 62.1 Å². The Morgan fingerprint density at radius 1 is 0.327 bits per heavy atom. The third-order valence-corrected chi connectivity index (χ3v) is 35.0. The van der Waals surface area contributed by atoms with Crippen LogP contribution >= 0.6 is 26.2 Å². The normalized spacial score (nSPS) is 13.6. The minimum Gasteiger partial charge on any atom is -0.148 e. The van der Waals surface area contributed by atoms with Gasteiger partial charge in [0, 0.05) is 0 Å². The van der Waals surface area contributed by atoms with Crippen LogP contribution in [0.4, 0.5) is 11.6 Å². The molecule has 16 aromatic rings. The Bertz CT molecular complexity index is 7210. The molecular weight excluding hydrogens is 1600 g/mol. The van der Waals surface area contributed by atoms with E-state index < -0.39 is 77.0 Å². The van der Waals surface area contributed by atoms with Gasteiger partial charge in [0.15, 0.2) is 0 Å². The van der Waals surface area contributed by atoms with Gasteiger partial charge in [-0.1, -0.05) is 109 Å². The van der Waals surface area contributed by atoms with Gasteiger partial charge in [-0.3, -0.25) is 0 Å². The summed E-state index contributed by atoms with van der Waals surface area (Å²) in [6.45, 7) is 0. The third kappa shape index (κ3) is 12.4.